The second-order valence-electron chi connectivity index (χ2n) is 7.03. The average molecular weight is 387 g/mol. The normalized spacial score (nSPS) is 11.8. The number of carboxylic acid groups (broad SMARTS) is 1. The molecule has 1 amide bonds. The molecule has 0 saturated carbocycles. The molecule has 148 valence electrons. The lowest BCUT2D eigenvalue weighted by molar-refractivity contribution is -0.142. The molecule has 1 atom stereocenters. The van der Waals surface area contributed by atoms with E-state index in [0.717, 1.165) is 23.1 Å². The van der Waals surface area contributed by atoms with Crippen LogP contribution in [-0.2, 0) is 16.0 Å². The highest BCUT2D eigenvalue weighted by Crippen LogP contribution is 2.25. The summed E-state index contributed by atoms with van der Waals surface area (Å²) in [5.74, 6) is -1.85. The fourth-order valence-electron chi connectivity index (χ4n) is 3.45. The Morgan fingerprint density at radius 1 is 0.759 bits per heavy atom. The van der Waals surface area contributed by atoms with Gasteiger partial charge in [0.2, 0.25) is 5.91 Å². The van der Waals surface area contributed by atoms with Gasteiger partial charge in [-0.2, -0.15) is 0 Å². The molecule has 0 aliphatic carbocycles. The maximum atomic E-state index is 13.1. The Bertz CT molecular complexity index is 871. The zero-order chi connectivity index (χ0) is 20.5. The van der Waals surface area contributed by atoms with Crippen LogP contribution in [0.1, 0.15) is 35.4 Å². The van der Waals surface area contributed by atoms with Crippen LogP contribution < -0.4 is 5.32 Å². The molecule has 4 heteroatoms. The van der Waals surface area contributed by atoms with E-state index in [1.54, 1.807) is 0 Å². The zero-order valence-electron chi connectivity index (χ0n) is 16.2. The van der Waals surface area contributed by atoms with Crippen molar-refractivity contribution in [1.29, 1.82) is 0 Å². The van der Waals surface area contributed by atoms with E-state index in [1.807, 2.05) is 91.0 Å². The van der Waals surface area contributed by atoms with Gasteiger partial charge >= 0.3 is 5.97 Å². The number of rotatable bonds is 9. The first kappa shape index (κ1) is 20.3. The highest BCUT2D eigenvalue weighted by molar-refractivity contribution is 5.90. The minimum absolute atomic E-state index is 0.297. The fraction of sp³-hybridized carbons (Fsp3) is 0.200. The van der Waals surface area contributed by atoms with Crippen molar-refractivity contribution in [2.24, 2.45) is 0 Å². The fourth-order valence-corrected chi connectivity index (χ4v) is 3.45. The van der Waals surface area contributed by atoms with Crippen LogP contribution >= 0.6 is 0 Å². The zero-order valence-corrected chi connectivity index (χ0v) is 16.2. The lowest BCUT2D eigenvalue weighted by atomic mass is 9.90. The largest absolute Gasteiger partial charge is 0.480 e. The van der Waals surface area contributed by atoms with Crippen LogP contribution in [0.25, 0.3) is 0 Å². The molecule has 0 bridgehead atoms. The van der Waals surface area contributed by atoms with Crippen LogP contribution in [0.4, 0.5) is 0 Å². The summed E-state index contributed by atoms with van der Waals surface area (Å²) in [5.41, 5.74) is 2.84. The van der Waals surface area contributed by atoms with E-state index >= 15 is 0 Å². The van der Waals surface area contributed by atoms with Gasteiger partial charge in [0.15, 0.2) is 0 Å². The number of aliphatic carboxylic acids is 1. The molecular formula is C25H25NO3. The second kappa shape index (κ2) is 10.2. The lowest BCUT2D eigenvalue weighted by Crippen LogP contribution is -2.43. The van der Waals surface area contributed by atoms with E-state index < -0.39 is 17.9 Å². The van der Waals surface area contributed by atoms with Gasteiger partial charge in [-0.15, -0.1) is 0 Å². The summed E-state index contributed by atoms with van der Waals surface area (Å²) in [6, 6.07) is 27.9. The van der Waals surface area contributed by atoms with Gasteiger partial charge in [0.1, 0.15) is 6.04 Å². The molecule has 0 fully saturated rings. The van der Waals surface area contributed by atoms with Crippen LogP contribution in [0, 0.1) is 0 Å². The number of carbonyl (C=O) groups is 2. The van der Waals surface area contributed by atoms with Crippen LogP contribution in [0.5, 0.6) is 0 Å². The highest BCUT2D eigenvalue weighted by atomic mass is 16.4. The van der Waals surface area contributed by atoms with Crippen LogP contribution in [0.15, 0.2) is 91.0 Å². The molecule has 2 N–H and O–H groups in total. The Labute approximate surface area is 171 Å². The SMILES string of the molecule is O=C(N[C@@H](CCCc1ccccc1)C(=O)O)C(c1ccccc1)c1ccccc1. The van der Waals surface area contributed by atoms with Crippen molar-refractivity contribution in [2.45, 2.75) is 31.2 Å². The number of aryl methyl sites for hydroxylation is 1. The minimum Gasteiger partial charge on any atom is -0.480 e. The average Bonchev–Trinajstić information content (AvgIpc) is 2.75. The van der Waals surface area contributed by atoms with Crippen molar-refractivity contribution in [2.75, 3.05) is 0 Å². The summed E-state index contributed by atoms with van der Waals surface area (Å²) in [7, 11) is 0. The summed E-state index contributed by atoms with van der Waals surface area (Å²) in [6.45, 7) is 0. The lowest BCUT2D eigenvalue weighted by Gasteiger charge is -2.21. The maximum Gasteiger partial charge on any atom is 0.326 e. The van der Waals surface area contributed by atoms with Gasteiger partial charge in [-0.05, 0) is 36.0 Å². The third-order valence-corrected chi connectivity index (χ3v) is 4.94. The number of hydrogen-bond donors (Lipinski definition) is 2. The van der Waals surface area contributed by atoms with E-state index in [0.29, 0.717) is 12.8 Å². The summed E-state index contributed by atoms with van der Waals surface area (Å²) in [4.78, 5) is 24.9. The van der Waals surface area contributed by atoms with Gasteiger partial charge < -0.3 is 10.4 Å². The van der Waals surface area contributed by atoms with Crippen molar-refractivity contribution in [1.82, 2.24) is 5.32 Å². The third-order valence-electron chi connectivity index (χ3n) is 4.94. The first-order valence-corrected chi connectivity index (χ1v) is 9.82. The molecule has 0 saturated heterocycles. The third kappa shape index (κ3) is 5.79. The standard InChI is InChI=1S/C25H25NO3/c27-24(23(20-14-6-2-7-15-20)21-16-8-3-9-17-21)26-22(25(28)29)18-10-13-19-11-4-1-5-12-19/h1-9,11-12,14-17,22-23H,10,13,18H2,(H,26,27)(H,28,29)/t22-/m0/s1. The quantitative estimate of drug-likeness (QED) is 0.571. The number of amides is 1. The molecule has 4 nitrogen and oxygen atoms in total. The Balaban J connectivity index is 1.71. The molecule has 0 aliphatic heterocycles. The van der Waals surface area contributed by atoms with Crippen LogP contribution in [0.3, 0.4) is 0 Å². The number of carbonyl (C=O) groups excluding carboxylic acids is 1. The van der Waals surface area contributed by atoms with Gasteiger partial charge in [-0.1, -0.05) is 91.0 Å². The summed E-state index contributed by atoms with van der Waals surface area (Å²) in [5, 5.41) is 12.4. The van der Waals surface area contributed by atoms with Crippen molar-refractivity contribution in [3.63, 3.8) is 0 Å². The van der Waals surface area contributed by atoms with Crippen molar-refractivity contribution >= 4 is 11.9 Å². The summed E-state index contributed by atoms with van der Waals surface area (Å²) < 4.78 is 0. The monoisotopic (exact) mass is 387 g/mol. The molecule has 0 spiro atoms. The predicted molar refractivity (Wildman–Crippen MR) is 114 cm³/mol. The van der Waals surface area contributed by atoms with Gasteiger partial charge in [0.05, 0.1) is 5.92 Å². The first-order chi connectivity index (χ1) is 14.1. The molecule has 0 radical (unpaired) electrons. The van der Waals surface area contributed by atoms with Gasteiger partial charge in [0, 0.05) is 0 Å². The smallest absolute Gasteiger partial charge is 0.326 e. The van der Waals surface area contributed by atoms with Crippen molar-refractivity contribution in [3.05, 3.63) is 108 Å². The van der Waals surface area contributed by atoms with E-state index in [1.165, 1.54) is 0 Å². The summed E-state index contributed by atoms with van der Waals surface area (Å²) >= 11 is 0. The molecule has 0 heterocycles. The van der Waals surface area contributed by atoms with E-state index in [4.69, 9.17) is 0 Å². The molecular weight excluding hydrogens is 362 g/mol. The predicted octanol–water partition coefficient (Wildman–Crippen LogP) is 4.41. The minimum atomic E-state index is -1.01. The Kier molecular flexibility index (Phi) is 7.17. The maximum absolute atomic E-state index is 13.1. The van der Waals surface area contributed by atoms with E-state index in [2.05, 4.69) is 5.32 Å². The van der Waals surface area contributed by atoms with Crippen LogP contribution in [0.2, 0.25) is 0 Å². The van der Waals surface area contributed by atoms with Gasteiger partial charge in [-0.25, -0.2) is 4.79 Å². The first-order valence-electron chi connectivity index (χ1n) is 9.82. The molecule has 3 aromatic carbocycles. The van der Waals surface area contributed by atoms with Gasteiger partial charge in [0.25, 0.3) is 0 Å². The highest BCUT2D eigenvalue weighted by Gasteiger charge is 2.27. The molecule has 0 aliphatic rings. The van der Waals surface area contributed by atoms with E-state index in [-0.39, 0.29) is 5.91 Å². The molecule has 0 unspecified atom stereocenters. The number of nitrogens with one attached hydrogen (secondary N) is 1. The second-order valence-corrected chi connectivity index (χ2v) is 7.03. The Morgan fingerprint density at radius 3 is 1.72 bits per heavy atom. The molecule has 3 aromatic rings. The van der Waals surface area contributed by atoms with Crippen molar-refractivity contribution in [3.8, 4) is 0 Å². The topological polar surface area (TPSA) is 66.4 Å². The molecule has 3 rings (SSSR count). The Hall–Kier alpha value is -3.40. The molecule has 29 heavy (non-hydrogen) atoms. The molecule has 0 aromatic heterocycles. The number of carboxylic acids is 1. The summed E-state index contributed by atoms with van der Waals surface area (Å²) in [6.07, 6.45) is 1.84. The van der Waals surface area contributed by atoms with Gasteiger partial charge in [-0.3, -0.25) is 4.79 Å². The van der Waals surface area contributed by atoms with Crippen LogP contribution in [-0.4, -0.2) is 23.0 Å². The van der Waals surface area contributed by atoms with E-state index in [9.17, 15) is 14.7 Å². The van der Waals surface area contributed by atoms with Crippen molar-refractivity contribution < 1.29 is 14.7 Å². The number of benzene rings is 3. The Morgan fingerprint density at radius 2 is 1.24 bits per heavy atom. The number of hydrogen-bond acceptors (Lipinski definition) is 2.